The summed E-state index contributed by atoms with van der Waals surface area (Å²) in [4.78, 5) is 53.1. The van der Waals surface area contributed by atoms with E-state index in [0.717, 1.165) is 37.0 Å². The normalized spacial score (nSPS) is 22.5. The monoisotopic (exact) mass is 383 g/mol. The molecule has 0 aromatic heterocycles. The van der Waals surface area contributed by atoms with Crippen molar-refractivity contribution >= 4 is 23.6 Å². The molecule has 3 aliphatic rings. The summed E-state index contributed by atoms with van der Waals surface area (Å²) in [7, 11) is 0. The molecule has 0 spiro atoms. The Kier molecular flexibility index (Phi) is 5.15. The average molecular weight is 383 g/mol. The van der Waals surface area contributed by atoms with Gasteiger partial charge in [0.1, 0.15) is 12.6 Å². The number of carbonyl (C=O) groups excluding carboxylic acids is 4. The SMILES string of the molecule is O=C(NC1CCCCC1)[C@@H]1CCCN1C(=O)CN1C(=O)c2ccccc2C1=O. The smallest absolute Gasteiger partial charge is 0.262 e. The van der Waals surface area contributed by atoms with Gasteiger partial charge in [0.2, 0.25) is 11.8 Å². The number of hydrogen-bond acceptors (Lipinski definition) is 4. The van der Waals surface area contributed by atoms with Gasteiger partial charge >= 0.3 is 0 Å². The number of carbonyl (C=O) groups is 4. The number of fused-ring (bicyclic) bond motifs is 1. The van der Waals surface area contributed by atoms with Crippen molar-refractivity contribution in [2.45, 2.75) is 57.0 Å². The lowest BCUT2D eigenvalue weighted by Crippen LogP contribution is -2.51. The Labute approximate surface area is 164 Å². The van der Waals surface area contributed by atoms with E-state index in [9.17, 15) is 19.2 Å². The van der Waals surface area contributed by atoms with Gasteiger partial charge in [-0.1, -0.05) is 31.4 Å². The predicted octanol–water partition coefficient (Wildman–Crippen LogP) is 1.72. The van der Waals surface area contributed by atoms with Crippen LogP contribution in [0.15, 0.2) is 24.3 Å². The van der Waals surface area contributed by atoms with Crippen LogP contribution in [0.25, 0.3) is 0 Å². The molecule has 2 aliphatic heterocycles. The van der Waals surface area contributed by atoms with Crippen molar-refractivity contribution in [1.29, 1.82) is 0 Å². The van der Waals surface area contributed by atoms with Crippen molar-refractivity contribution in [2.75, 3.05) is 13.1 Å². The number of imide groups is 1. The van der Waals surface area contributed by atoms with Crippen molar-refractivity contribution in [3.8, 4) is 0 Å². The molecular weight excluding hydrogens is 358 g/mol. The van der Waals surface area contributed by atoms with E-state index in [0.29, 0.717) is 24.1 Å². The lowest BCUT2D eigenvalue weighted by molar-refractivity contribution is -0.138. The maximum Gasteiger partial charge on any atom is 0.262 e. The van der Waals surface area contributed by atoms with Crippen LogP contribution in [-0.2, 0) is 9.59 Å². The zero-order valence-electron chi connectivity index (χ0n) is 15.9. The Hall–Kier alpha value is -2.70. The van der Waals surface area contributed by atoms with Crippen LogP contribution in [0.3, 0.4) is 0 Å². The van der Waals surface area contributed by atoms with E-state index in [1.165, 1.54) is 11.3 Å². The molecule has 7 heteroatoms. The van der Waals surface area contributed by atoms with Gasteiger partial charge in [-0.2, -0.15) is 0 Å². The van der Waals surface area contributed by atoms with E-state index >= 15 is 0 Å². The van der Waals surface area contributed by atoms with Crippen molar-refractivity contribution in [3.63, 3.8) is 0 Å². The van der Waals surface area contributed by atoms with Crippen molar-refractivity contribution < 1.29 is 19.2 Å². The first-order valence-corrected chi connectivity index (χ1v) is 10.1. The lowest BCUT2D eigenvalue weighted by atomic mass is 9.95. The Morgan fingerprint density at radius 2 is 1.57 bits per heavy atom. The molecule has 0 radical (unpaired) electrons. The zero-order valence-corrected chi connectivity index (χ0v) is 15.9. The number of hydrogen-bond donors (Lipinski definition) is 1. The summed E-state index contributed by atoms with van der Waals surface area (Å²) in [6.45, 7) is 0.157. The molecule has 7 nitrogen and oxygen atoms in total. The first-order chi connectivity index (χ1) is 13.6. The minimum absolute atomic E-state index is 0.111. The van der Waals surface area contributed by atoms with Crippen LogP contribution in [0.2, 0.25) is 0 Å². The van der Waals surface area contributed by atoms with E-state index in [1.807, 2.05) is 0 Å². The lowest BCUT2D eigenvalue weighted by Gasteiger charge is -2.29. The summed E-state index contributed by atoms with van der Waals surface area (Å²) in [5.74, 6) is -1.36. The van der Waals surface area contributed by atoms with E-state index in [-0.39, 0.29) is 24.4 Å². The second-order valence-electron chi connectivity index (χ2n) is 7.83. The minimum atomic E-state index is -0.510. The third-order valence-electron chi connectivity index (χ3n) is 6.00. The van der Waals surface area contributed by atoms with Gasteiger partial charge in [-0.05, 0) is 37.8 Å². The topological polar surface area (TPSA) is 86.8 Å². The molecule has 1 atom stereocenters. The molecule has 1 aliphatic carbocycles. The Bertz CT molecular complexity index is 781. The summed E-state index contributed by atoms with van der Waals surface area (Å²) in [6, 6.07) is 6.26. The molecule has 0 bridgehead atoms. The van der Waals surface area contributed by atoms with Crippen LogP contribution < -0.4 is 5.32 Å². The molecular formula is C21H25N3O4. The third kappa shape index (κ3) is 3.41. The molecule has 1 aromatic rings. The highest BCUT2D eigenvalue weighted by Crippen LogP contribution is 2.24. The van der Waals surface area contributed by atoms with Gasteiger partial charge in [-0.3, -0.25) is 24.1 Å². The van der Waals surface area contributed by atoms with E-state index in [4.69, 9.17) is 0 Å². The first kappa shape index (κ1) is 18.7. The number of benzene rings is 1. The van der Waals surface area contributed by atoms with Gasteiger partial charge in [0, 0.05) is 12.6 Å². The summed E-state index contributed by atoms with van der Waals surface area (Å²) in [5, 5.41) is 3.09. The fourth-order valence-corrected chi connectivity index (χ4v) is 4.49. The van der Waals surface area contributed by atoms with Gasteiger partial charge in [-0.15, -0.1) is 0 Å². The summed E-state index contributed by atoms with van der Waals surface area (Å²) in [5.41, 5.74) is 0.654. The molecule has 4 amide bonds. The molecule has 1 N–H and O–H groups in total. The Balaban J connectivity index is 1.41. The third-order valence-corrected chi connectivity index (χ3v) is 6.00. The molecule has 148 valence electrons. The fraction of sp³-hybridized carbons (Fsp3) is 0.524. The van der Waals surface area contributed by atoms with Crippen molar-refractivity contribution in [3.05, 3.63) is 35.4 Å². The number of nitrogens with one attached hydrogen (secondary N) is 1. The van der Waals surface area contributed by atoms with Gasteiger partial charge in [0.05, 0.1) is 11.1 Å². The first-order valence-electron chi connectivity index (χ1n) is 10.1. The molecule has 1 saturated carbocycles. The summed E-state index contributed by atoms with van der Waals surface area (Å²) < 4.78 is 0. The van der Waals surface area contributed by atoms with E-state index in [2.05, 4.69) is 5.32 Å². The number of nitrogens with zero attached hydrogens (tertiary/aromatic N) is 2. The van der Waals surface area contributed by atoms with Crippen LogP contribution in [0.5, 0.6) is 0 Å². The largest absolute Gasteiger partial charge is 0.352 e. The van der Waals surface area contributed by atoms with Crippen LogP contribution in [0.4, 0.5) is 0 Å². The molecule has 1 aromatic carbocycles. The van der Waals surface area contributed by atoms with Crippen LogP contribution in [-0.4, -0.2) is 58.6 Å². The number of rotatable bonds is 4. The number of amides is 4. The van der Waals surface area contributed by atoms with Crippen LogP contribution in [0, 0.1) is 0 Å². The molecule has 1 saturated heterocycles. The van der Waals surface area contributed by atoms with Gasteiger partial charge in [-0.25, -0.2) is 0 Å². The zero-order chi connectivity index (χ0) is 19.7. The highest BCUT2D eigenvalue weighted by molar-refractivity contribution is 6.22. The second-order valence-corrected chi connectivity index (χ2v) is 7.83. The number of likely N-dealkylation sites (tertiary alicyclic amines) is 1. The van der Waals surface area contributed by atoms with Crippen LogP contribution in [0.1, 0.15) is 65.7 Å². The molecule has 28 heavy (non-hydrogen) atoms. The summed E-state index contributed by atoms with van der Waals surface area (Å²) in [6.07, 6.45) is 6.79. The Morgan fingerprint density at radius 1 is 0.929 bits per heavy atom. The summed E-state index contributed by atoms with van der Waals surface area (Å²) >= 11 is 0. The molecule has 4 rings (SSSR count). The van der Waals surface area contributed by atoms with Crippen molar-refractivity contribution in [1.82, 2.24) is 15.1 Å². The average Bonchev–Trinajstić information content (AvgIpc) is 3.29. The minimum Gasteiger partial charge on any atom is -0.352 e. The maximum atomic E-state index is 12.9. The van der Waals surface area contributed by atoms with Gasteiger partial charge in [0.15, 0.2) is 0 Å². The van der Waals surface area contributed by atoms with E-state index < -0.39 is 17.9 Å². The van der Waals surface area contributed by atoms with E-state index in [1.54, 1.807) is 24.3 Å². The molecule has 2 heterocycles. The quantitative estimate of drug-likeness (QED) is 0.802. The van der Waals surface area contributed by atoms with Gasteiger partial charge in [0.25, 0.3) is 11.8 Å². The molecule has 2 fully saturated rings. The highest BCUT2D eigenvalue weighted by atomic mass is 16.2. The maximum absolute atomic E-state index is 12.9. The Morgan fingerprint density at radius 3 is 2.21 bits per heavy atom. The van der Waals surface area contributed by atoms with Crippen LogP contribution >= 0.6 is 0 Å². The standard InChI is InChI=1S/C21H25N3O4/c25-18(13-24-20(27)15-9-4-5-10-16(15)21(24)28)23-12-6-11-17(23)19(26)22-14-7-2-1-3-8-14/h4-5,9-10,14,17H,1-3,6-8,11-13H2,(H,22,26)/t17-/m0/s1. The van der Waals surface area contributed by atoms with Crippen molar-refractivity contribution in [2.24, 2.45) is 0 Å². The highest BCUT2D eigenvalue weighted by Gasteiger charge is 2.40. The predicted molar refractivity (Wildman–Crippen MR) is 102 cm³/mol. The van der Waals surface area contributed by atoms with Gasteiger partial charge < -0.3 is 10.2 Å². The fourth-order valence-electron chi connectivity index (χ4n) is 4.49. The molecule has 0 unspecified atom stereocenters. The second kappa shape index (κ2) is 7.73.